The summed E-state index contributed by atoms with van der Waals surface area (Å²) in [4.78, 5) is 0. The minimum absolute atomic E-state index is 1.24. The van der Waals surface area contributed by atoms with Crippen molar-refractivity contribution >= 4 is 10.8 Å². The lowest BCUT2D eigenvalue weighted by molar-refractivity contribution is 0.589. The highest BCUT2D eigenvalue weighted by Crippen LogP contribution is 2.23. The molecule has 0 amide bonds. The van der Waals surface area contributed by atoms with E-state index in [0.717, 1.165) is 0 Å². The van der Waals surface area contributed by atoms with E-state index in [9.17, 15) is 0 Å². The molecule has 2 aromatic rings. The van der Waals surface area contributed by atoms with E-state index < -0.39 is 0 Å². The van der Waals surface area contributed by atoms with Gasteiger partial charge in [0.1, 0.15) is 0 Å². The Balaban J connectivity index is 1.78. The summed E-state index contributed by atoms with van der Waals surface area (Å²) >= 11 is 0. The van der Waals surface area contributed by atoms with Gasteiger partial charge in [0.25, 0.3) is 0 Å². The van der Waals surface area contributed by atoms with Crippen LogP contribution in [0.5, 0.6) is 0 Å². The molecule has 0 aliphatic rings. The van der Waals surface area contributed by atoms with Crippen LogP contribution in [0.4, 0.5) is 0 Å². The van der Waals surface area contributed by atoms with E-state index in [-0.39, 0.29) is 0 Å². The van der Waals surface area contributed by atoms with Gasteiger partial charge < -0.3 is 0 Å². The average Bonchev–Trinajstić information content (AvgIpc) is 2.72. The molecule has 0 saturated carbocycles. The van der Waals surface area contributed by atoms with E-state index >= 15 is 0 Å². The van der Waals surface area contributed by atoms with Crippen LogP contribution >= 0.6 is 0 Å². The number of unbranched alkanes of at least 4 members (excludes halogenated alkanes) is 12. The fraction of sp³-hybridized carbons (Fsp3) is 0.643. The molecular weight excluding hydrogens is 336 g/mol. The number of aryl methyl sites for hydroxylation is 2. The standard InChI is InChI=1S/C28H44/c1-3-5-7-9-11-13-15-18-25-22-23-27-21-17-20-26(28(27)24-25)19-16-14-12-10-8-6-4-2/h17,20-24H,3-16,18-19H2,1-2H3. The van der Waals surface area contributed by atoms with Crippen LogP contribution in [0.3, 0.4) is 0 Å². The molecule has 0 radical (unpaired) electrons. The lowest BCUT2D eigenvalue weighted by atomic mass is 9.96. The van der Waals surface area contributed by atoms with Crippen LogP contribution in [-0.4, -0.2) is 0 Å². The SMILES string of the molecule is CCCCCCCCCc1ccc2cccc(CCCCCCCCC)c2c1. The molecule has 28 heavy (non-hydrogen) atoms. The molecule has 0 N–H and O–H groups in total. The summed E-state index contributed by atoms with van der Waals surface area (Å²) in [5.74, 6) is 0. The van der Waals surface area contributed by atoms with Gasteiger partial charge in [0.15, 0.2) is 0 Å². The minimum atomic E-state index is 1.24. The average molecular weight is 381 g/mol. The lowest BCUT2D eigenvalue weighted by Crippen LogP contribution is -1.91. The van der Waals surface area contributed by atoms with Gasteiger partial charge in [-0.1, -0.05) is 127 Å². The monoisotopic (exact) mass is 380 g/mol. The Morgan fingerprint density at radius 1 is 0.536 bits per heavy atom. The van der Waals surface area contributed by atoms with E-state index in [1.54, 1.807) is 5.56 Å². The van der Waals surface area contributed by atoms with E-state index in [1.807, 2.05) is 0 Å². The molecule has 0 heterocycles. The molecule has 156 valence electrons. The van der Waals surface area contributed by atoms with Gasteiger partial charge in [0.2, 0.25) is 0 Å². The molecule has 0 aliphatic carbocycles. The van der Waals surface area contributed by atoms with Crippen molar-refractivity contribution in [1.82, 2.24) is 0 Å². The van der Waals surface area contributed by atoms with Crippen LogP contribution < -0.4 is 0 Å². The first-order valence-electron chi connectivity index (χ1n) is 12.4. The second-order valence-corrected chi connectivity index (χ2v) is 8.72. The fourth-order valence-corrected chi connectivity index (χ4v) is 4.32. The molecule has 2 aromatic carbocycles. The third-order valence-electron chi connectivity index (χ3n) is 6.16. The van der Waals surface area contributed by atoms with Crippen molar-refractivity contribution in [2.45, 2.75) is 117 Å². The Hall–Kier alpha value is -1.30. The number of rotatable bonds is 16. The number of fused-ring (bicyclic) bond motifs is 1. The summed E-state index contributed by atoms with van der Waals surface area (Å²) in [6.07, 6.45) is 22.0. The van der Waals surface area contributed by atoms with Gasteiger partial charge in [-0.25, -0.2) is 0 Å². The van der Waals surface area contributed by atoms with Crippen molar-refractivity contribution in [2.24, 2.45) is 0 Å². The zero-order valence-corrected chi connectivity index (χ0v) is 18.8. The number of benzene rings is 2. The third kappa shape index (κ3) is 8.80. The second-order valence-electron chi connectivity index (χ2n) is 8.72. The van der Waals surface area contributed by atoms with Crippen LogP contribution in [0.15, 0.2) is 36.4 Å². The van der Waals surface area contributed by atoms with E-state index in [2.05, 4.69) is 50.2 Å². The summed E-state index contributed by atoms with van der Waals surface area (Å²) in [5.41, 5.74) is 3.10. The highest BCUT2D eigenvalue weighted by molar-refractivity contribution is 5.86. The third-order valence-corrected chi connectivity index (χ3v) is 6.16. The first-order chi connectivity index (χ1) is 13.8. The van der Waals surface area contributed by atoms with Crippen LogP contribution in [0.1, 0.15) is 115 Å². The summed E-state index contributed by atoms with van der Waals surface area (Å²) in [6.45, 7) is 4.59. The molecule has 0 spiro atoms. The van der Waals surface area contributed by atoms with Gasteiger partial charge in [-0.05, 0) is 47.6 Å². The highest BCUT2D eigenvalue weighted by Gasteiger charge is 2.03. The maximum atomic E-state index is 2.49. The van der Waals surface area contributed by atoms with Crippen molar-refractivity contribution in [3.8, 4) is 0 Å². The predicted octanol–water partition coefficient (Wildman–Crippen LogP) is 9.43. The van der Waals surface area contributed by atoms with Crippen molar-refractivity contribution in [1.29, 1.82) is 0 Å². The van der Waals surface area contributed by atoms with Crippen molar-refractivity contribution in [3.05, 3.63) is 47.5 Å². The van der Waals surface area contributed by atoms with Gasteiger partial charge in [-0.15, -0.1) is 0 Å². The topological polar surface area (TPSA) is 0 Å². The molecule has 0 unspecified atom stereocenters. The summed E-state index contributed by atoms with van der Waals surface area (Å²) in [5, 5.41) is 2.93. The molecule has 0 saturated heterocycles. The Labute approximate surface area is 175 Å². The maximum absolute atomic E-state index is 2.49. The Bertz CT molecular complexity index is 640. The lowest BCUT2D eigenvalue weighted by Gasteiger charge is -2.09. The zero-order valence-electron chi connectivity index (χ0n) is 18.8. The van der Waals surface area contributed by atoms with Crippen LogP contribution in [0.25, 0.3) is 10.8 Å². The molecule has 0 nitrogen and oxygen atoms in total. The molecule has 0 atom stereocenters. The second kappa shape index (κ2) is 14.7. The first kappa shape index (κ1) is 23.0. The molecule has 0 aromatic heterocycles. The van der Waals surface area contributed by atoms with Crippen LogP contribution in [-0.2, 0) is 12.8 Å². The van der Waals surface area contributed by atoms with E-state index in [0.29, 0.717) is 0 Å². The Morgan fingerprint density at radius 3 is 1.75 bits per heavy atom. The van der Waals surface area contributed by atoms with Crippen molar-refractivity contribution in [3.63, 3.8) is 0 Å². The van der Waals surface area contributed by atoms with Gasteiger partial charge in [0, 0.05) is 0 Å². The molecular formula is C28H44. The van der Waals surface area contributed by atoms with Gasteiger partial charge >= 0.3 is 0 Å². The zero-order chi connectivity index (χ0) is 19.9. The fourth-order valence-electron chi connectivity index (χ4n) is 4.32. The molecule has 0 heteroatoms. The predicted molar refractivity (Wildman–Crippen MR) is 127 cm³/mol. The van der Waals surface area contributed by atoms with Crippen LogP contribution in [0.2, 0.25) is 0 Å². The Morgan fingerprint density at radius 2 is 1.11 bits per heavy atom. The normalized spacial score (nSPS) is 11.4. The number of hydrogen-bond donors (Lipinski definition) is 0. The summed E-state index contributed by atoms with van der Waals surface area (Å²) in [7, 11) is 0. The number of hydrogen-bond acceptors (Lipinski definition) is 0. The molecule has 0 bridgehead atoms. The summed E-state index contributed by atoms with van der Waals surface area (Å²) in [6, 6.07) is 14.1. The Kier molecular flexibility index (Phi) is 12.0. The van der Waals surface area contributed by atoms with E-state index in [1.165, 1.54) is 119 Å². The molecule has 0 fully saturated rings. The molecule has 0 aliphatic heterocycles. The quantitative estimate of drug-likeness (QED) is 0.254. The minimum Gasteiger partial charge on any atom is -0.0654 e. The van der Waals surface area contributed by atoms with Gasteiger partial charge in [-0.3, -0.25) is 0 Å². The first-order valence-corrected chi connectivity index (χ1v) is 12.4. The largest absolute Gasteiger partial charge is 0.0654 e. The smallest absolute Gasteiger partial charge is 0.0149 e. The molecule has 2 rings (SSSR count). The van der Waals surface area contributed by atoms with E-state index in [4.69, 9.17) is 0 Å². The highest BCUT2D eigenvalue weighted by atomic mass is 14.1. The maximum Gasteiger partial charge on any atom is -0.0149 e. The van der Waals surface area contributed by atoms with Gasteiger partial charge in [0.05, 0.1) is 0 Å². The van der Waals surface area contributed by atoms with Crippen LogP contribution in [0, 0.1) is 0 Å². The van der Waals surface area contributed by atoms with Gasteiger partial charge in [-0.2, -0.15) is 0 Å². The summed E-state index contributed by atoms with van der Waals surface area (Å²) < 4.78 is 0. The van der Waals surface area contributed by atoms with Crippen molar-refractivity contribution in [2.75, 3.05) is 0 Å². The van der Waals surface area contributed by atoms with Crippen molar-refractivity contribution < 1.29 is 0 Å².